The zero-order valence-electron chi connectivity index (χ0n) is 9.25. The SMILES string of the molecule is NNC(C1=COCCC1)c1cccc(Cl)c1Cl. The van der Waals surface area contributed by atoms with Gasteiger partial charge in [0.05, 0.1) is 29.0 Å². The Labute approximate surface area is 111 Å². The van der Waals surface area contributed by atoms with Crippen molar-refractivity contribution in [3.63, 3.8) is 0 Å². The number of hydrogen-bond acceptors (Lipinski definition) is 3. The molecule has 5 heteroatoms. The van der Waals surface area contributed by atoms with Gasteiger partial charge in [0.2, 0.25) is 0 Å². The molecule has 0 aromatic heterocycles. The summed E-state index contributed by atoms with van der Waals surface area (Å²) in [7, 11) is 0. The van der Waals surface area contributed by atoms with Gasteiger partial charge in [-0.05, 0) is 30.0 Å². The molecule has 1 unspecified atom stereocenters. The first-order valence-electron chi connectivity index (χ1n) is 5.44. The van der Waals surface area contributed by atoms with E-state index < -0.39 is 0 Å². The largest absolute Gasteiger partial charge is 0.501 e. The molecule has 17 heavy (non-hydrogen) atoms. The third kappa shape index (κ3) is 2.75. The highest BCUT2D eigenvalue weighted by atomic mass is 35.5. The van der Waals surface area contributed by atoms with E-state index in [9.17, 15) is 0 Å². The second-order valence-electron chi connectivity index (χ2n) is 3.91. The molecule has 1 aliphatic heterocycles. The van der Waals surface area contributed by atoms with Gasteiger partial charge in [-0.1, -0.05) is 35.3 Å². The average molecular weight is 273 g/mol. The topological polar surface area (TPSA) is 47.3 Å². The lowest BCUT2D eigenvalue weighted by atomic mass is 9.96. The molecule has 1 aromatic rings. The van der Waals surface area contributed by atoms with Crippen LogP contribution in [0.2, 0.25) is 10.0 Å². The van der Waals surface area contributed by atoms with Crippen LogP contribution < -0.4 is 11.3 Å². The van der Waals surface area contributed by atoms with Gasteiger partial charge in [0.15, 0.2) is 0 Å². The molecule has 0 radical (unpaired) electrons. The number of nitrogens with two attached hydrogens (primary N) is 1. The van der Waals surface area contributed by atoms with Crippen molar-refractivity contribution in [2.45, 2.75) is 18.9 Å². The molecule has 0 spiro atoms. The molecule has 92 valence electrons. The molecule has 3 N–H and O–H groups in total. The van der Waals surface area contributed by atoms with Gasteiger partial charge in [0, 0.05) is 0 Å². The molecule has 1 aromatic carbocycles. The summed E-state index contributed by atoms with van der Waals surface area (Å²) in [6, 6.07) is 5.38. The lowest BCUT2D eigenvalue weighted by Crippen LogP contribution is -2.30. The van der Waals surface area contributed by atoms with E-state index in [0.717, 1.165) is 30.6 Å². The highest BCUT2D eigenvalue weighted by molar-refractivity contribution is 6.42. The number of nitrogens with one attached hydrogen (secondary N) is 1. The highest BCUT2D eigenvalue weighted by Gasteiger charge is 2.21. The molecule has 0 bridgehead atoms. The molecule has 1 atom stereocenters. The molecular formula is C12H14Cl2N2O. The minimum Gasteiger partial charge on any atom is -0.501 e. The van der Waals surface area contributed by atoms with Crippen LogP contribution in [0.15, 0.2) is 30.0 Å². The Hall–Kier alpha value is -0.740. The van der Waals surface area contributed by atoms with Crippen LogP contribution in [-0.2, 0) is 4.74 Å². The average Bonchev–Trinajstić information content (AvgIpc) is 2.37. The number of benzene rings is 1. The number of hydrazine groups is 1. The van der Waals surface area contributed by atoms with Gasteiger partial charge >= 0.3 is 0 Å². The molecule has 3 nitrogen and oxygen atoms in total. The van der Waals surface area contributed by atoms with E-state index in [1.807, 2.05) is 12.1 Å². The quantitative estimate of drug-likeness (QED) is 0.656. The van der Waals surface area contributed by atoms with E-state index in [1.165, 1.54) is 0 Å². The van der Waals surface area contributed by atoms with Crippen molar-refractivity contribution in [2.24, 2.45) is 5.84 Å². The first-order valence-corrected chi connectivity index (χ1v) is 6.20. The Bertz CT molecular complexity index is 435. The van der Waals surface area contributed by atoms with Crippen molar-refractivity contribution < 1.29 is 4.74 Å². The molecule has 0 saturated carbocycles. The monoisotopic (exact) mass is 272 g/mol. The van der Waals surface area contributed by atoms with Crippen molar-refractivity contribution in [1.29, 1.82) is 0 Å². The second-order valence-corrected chi connectivity index (χ2v) is 4.69. The summed E-state index contributed by atoms with van der Waals surface area (Å²) in [6.45, 7) is 0.754. The Morgan fingerprint density at radius 1 is 1.35 bits per heavy atom. The molecule has 0 aliphatic carbocycles. The smallest absolute Gasteiger partial charge is 0.0876 e. The molecule has 2 rings (SSSR count). The molecule has 0 fully saturated rings. The van der Waals surface area contributed by atoms with E-state index in [-0.39, 0.29) is 6.04 Å². The molecule has 1 aliphatic rings. The van der Waals surface area contributed by atoms with Gasteiger partial charge in [-0.2, -0.15) is 0 Å². The van der Waals surface area contributed by atoms with E-state index in [1.54, 1.807) is 12.3 Å². The normalized spacial score (nSPS) is 17.2. The minimum atomic E-state index is -0.151. The Morgan fingerprint density at radius 3 is 2.82 bits per heavy atom. The van der Waals surface area contributed by atoms with Gasteiger partial charge < -0.3 is 4.74 Å². The number of hydrogen-bond donors (Lipinski definition) is 2. The maximum absolute atomic E-state index is 6.19. The Balaban J connectivity index is 2.34. The Morgan fingerprint density at radius 2 is 2.18 bits per heavy atom. The summed E-state index contributed by atoms with van der Waals surface area (Å²) in [5.41, 5.74) is 4.72. The van der Waals surface area contributed by atoms with Gasteiger partial charge in [-0.25, -0.2) is 5.43 Å². The van der Waals surface area contributed by atoms with Crippen LogP contribution in [0.5, 0.6) is 0 Å². The maximum atomic E-state index is 6.19. The van der Waals surface area contributed by atoms with E-state index in [4.69, 9.17) is 33.8 Å². The second kappa shape index (κ2) is 5.74. The van der Waals surface area contributed by atoms with Crippen molar-refractivity contribution in [1.82, 2.24) is 5.43 Å². The predicted octanol–water partition coefficient (Wildman–Crippen LogP) is 3.19. The van der Waals surface area contributed by atoms with Gasteiger partial charge in [0.1, 0.15) is 0 Å². The van der Waals surface area contributed by atoms with Crippen molar-refractivity contribution in [3.05, 3.63) is 45.6 Å². The summed E-state index contributed by atoms with van der Waals surface area (Å²) in [5, 5.41) is 1.06. The van der Waals surface area contributed by atoms with Crippen molar-refractivity contribution >= 4 is 23.2 Å². The van der Waals surface area contributed by atoms with E-state index >= 15 is 0 Å². The van der Waals surface area contributed by atoms with Gasteiger partial charge in [-0.3, -0.25) is 5.84 Å². The predicted molar refractivity (Wildman–Crippen MR) is 69.8 cm³/mol. The molecule has 0 saturated heterocycles. The first-order chi connectivity index (χ1) is 8.24. The summed E-state index contributed by atoms with van der Waals surface area (Å²) in [6.07, 6.45) is 3.69. The summed E-state index contributed by atoms with van der Waals surface area (Å²) in [4.78, 5) is 0. The minimum absolute atomic E-state index is 0.151. The van der Waals surface area contributed by atoms with Crippen LogP contribution >= 0.6 is 23.2 Å². The lowest BCUT2D eigenvalue weighted by molar-refractivity contribution is 0.219. The third-order valence-electron chi connectivity index (χ3n) is 2.79. The van der Waals surface area contributed by atoms with Crippen LogP contribution in [0.25, 0.3) is 0 Å². The number of ether oxygens (including phenoxy) is 1. The molecule has 1 heterocycles. The van der Waals surface area contributed by atoms with E-state index in [0.29, 0.717) is 10.0 Å². The van der Waals surface area contributed by atoms with Crippen molar-refractivity contribution in [3.8, 4) is 0 Å². The van der Waals surface area contributed by atoms with E-state index in [2.05, 4.69) is 5.43 Å². The first kappa shape index (κ1) is 12.7. The fourth-order valence-electron chi connectivity index (χ4n) is 1.94. The zero-order valence-corrected chi connectivity index (χ0v) is 10.8. The molecule has 0 amide bonds. The van der Waals surface area contributed by atoms with Crippen LogP contribution in [-0.4, -0.2) is 6.61 Å². The fraction of sp³-hybridized carbons (Fsp3) is 0.333. The lowest BCUT2D eigenvalue weighted by Gasteiger charge is -2.23. The van der Waals surface area contributed by atoms with Crippen LogP contribution in [0, 0.1) is 0 Å². The summed E-state index contributed by atoms with van der Waals surface area (Å²) in [5.74, 6) is 5.61. The summed E-state index contributed by atoms with van der Waals surface area (Å²) >= 11 is 12.2. The van der Waals surface area contributed by atoms with Crippen LogP contribution in [0.4, 0.5) is 0 Å². The number of halogens is 2. The van der Waals surface area contributed by atoms with Gasteiger partial charge in [-0.15, -0.1) is 0 Å². The highest BCUT2D eigenvalue weighted by Crippen LogP contribution is 2.34. The maximum Gasteiger partial charge on any atom is 0.0876 e. The van der Waals surface area contributed by atoms with Crippen molar-refractivity contribution in [2.75, 3.05) is 6.61 Å². The summed E-state index contributed by atoms with van der Waals surface area (Å²) < 4.78 is 5.32. The van der Waals surface area contributed by atoms with Gasteiger partial charge in [0.25, 0.3) is 0 Å². The van der Waals surface area contributed by atoms with Crippen LogP contribution in [0.3, 0.4) is 0 Å². The van der Waals surface area contributed by atoms with Crippen LogP contribution in [0.1, 0.15) is 24.4 Å². The zero-order chi connectivity index (χ0) is 12.3. The fourth-order valence-corrected chi connectivity index (χ4v) is 2.35. The third-order valence-corrected chi connectivity index (χ3v) is 3.63. The number of rotatable bonds is 3. The molecular weight excluding hydrogens is 259 g/mol. The standard InChI is InChI=1S/C12H14Cl2N2O/c13-10-5-1-4-9(11(10)14)12(16-15)8-3-2-6-17-7-8/h1,4-5,7,12,16H,2-3,6,15H2. The Kier molecular flexibility index (Phi) is 4.29.